The highest BCUT2D eigenvalue weighted by atomic mass is 16.5. The molecule has 236 valence electrons. The third kappa shape index (κ3) is 5.61. The number of hydrogen-bond donors (Lipinski definition) is 0. The summed E-state index contributed by atoms with van der Waals surface area (Å²) >= 11 is 0. The van der Waals surface area contributed by atoms with Crippen LogP contribution in [0.5, 0.6) is 11.5 Å². The topological polar surface area (TPSA) is 44.9 Å². The SMILES string of the molecule is CCc1ccc2c(c1)c1ccc(Oc3cccc(-n4nc(CC)c(-c5ccccc5)c4CC)c3)cc1n2-c1cc(C(C)(C)C)ccn1. The first-order valence-electron chi connectivity index (χ1n) is 16.8. The summed E-state index contributed by atoms with van der Waals surface area (Å²) in [5.41, 5.74) is 10.5. The van der Waals surface area contributed by atoms with E-state index in [0.29, 0.717) is 0 Å². The van der Waals surface area contributed by atoms with Crippen molar-refractivity contribution in [1.29, 1.82) is 0 Å². The molecule has 0 aliphatic heterocycles. The van der Waals surface area contributed by atoms with Crippen molar-refractivity contribution in [3.63, 3.8) is 0 Å². The molecule has 5 nitrogen and oxygen atoms in total. The van der Waals surface area contributed by atoms with Crippen LogP contribution in [-0.4, -0.2) is 19.3 Å². The van der Waals surface area contributed by atoms with Gasteiger partial charge in [-0.15, -0.1) is 0 Å². The highest BCUT2D eigenvalue weighted by Gasteiger charge is 2.20. The van der Waals surface area contributed by atoms with Crippen molar-refractivity contribution in [2.75, 3.05) is 0 Å². The van der Waals surface area contributed by atoms with E-state index in [2.05, 4.69) is 142 Å². The van der Waals surface area contributed by atoms with Gasteiger partial charge in [-0.1, -0.05) is 84.0 Å². The average molecular weight is 619 g/mol. The summed E-state index contributed by atoms with van der Waals surface area (Å²) in [5.74, 6) is 2.45. The smallest absolute Gasteiger partial charge is 0.137 e. The summed E-state index contributed by atoms with van der Waals surface area (Å²) in [4.78, 5) is 4.86. The molecule has 5 heteroatoms. The standard InChI is InChI=1S/C42H42N4O/c1-7-28-18-21-38-35(24-28)34-20-19-33(27-39(34)45(38)40-25-30(22-23-43-40)42(4,5)6)47-32-17-13-16-31(26-32)46-37(9-3)41(36(8-2)44-46)29-14-11-10-12-15-29/h10-27H,7-9H2,1-6H3. The van der Waals surface area contributed by atoms with Crippen LogP contribution in [0.4, 0.5) is 0 Å². The zero-order valence-corrected chi connectivity index (χ0v) is 28.2. The molecule has 0 fully saturated rings. The Kier molecular flexibility index (Phi) is 7.93. The van der Waals surface area contributed by atoms with Crippen LogP contribution in [0.25, 0.3) is 44.4 Å². The van der Waals surface area contributed by atoms with Crippen molar-refractivity contribution in [3.05, 3.63) is 132 Å². The summed E-state index contributed by atoms with van der Waals surface area (Å²) in [6, 6.07) is 36.3. The zero-order valence-electron chi connectivity index (χ0n) is 28.2. The molecule has 0 atom stereocenters. The van der Waals surface area contributed by atoms with Gasteiger partial charge in [-0.2, -0.15) is 5.10 Å². The lowest BCUT2D eigenvalue weighted by molar-refractivity contribution is 0.482. The van der Waals surface area contributed by atoms with Gasteiger partial charge in [0.1, 0.15) is 17.3 Å². The number of pyridine rings is 1. The summed E-state index contributed by atoms with van der Waals surface area (Å²) in [7, 11) is 0. The van der Waals surface area contributed by atoms with Crippen molar-refractivity contribution in [1.82, 2.24) is 19.3 Å². The van der Waals surface area contributed by atoms with Crippen molar-refractivity contribution in [2.24, 2.45) is 0 Å². The number of fused-ring (bicyclic) bond motifs is 3. The van der Waals surface area contributed by atoms with E-state index >= 15 is 0 Å². The Morgan fingerprint density at radius 3 is 2.23 bits per heavy atom. The molecule has 0 bridgehead atoms. The van der Waals surface area contributed by atoms with Crippen LogP contribution in [0.2, 0.25) is 0 Å². The van der Waals surface area contributed by atoms with Gasteiger partial charge in [0.15, 0.2) is 0 Å². The first-order valence-corrected chi connectivity index (χ1v) is 16.8. The Balaban J connectivity index is 1.32. The van der Waals surface area contributed by atoms with Gasteiger partial charge in [0.2, 0.25) is 0 Å². The molecule has 0 N–H and O–H groups in total. The fourth-order valence-electron chi connectivity index (χ4n) is 6.63. The molecule has 0 aliphatic carbocycles. The van der Waals surface area contributed by atoms with Crippen molar-refractivity contribution in [3.8, 4) is 34.1 Å². The van der Waals surface area contributed by atoms with E-state index in [4.69, 9.17) is 14.8 Å². The van der Waals surface area contributed by atoms with Gasteiger partial charge >= 0.3 is 0 Å². The number of hydrogen-bond acceptors (Lipinski definition) is 3. The maximum atomic E-state index is 6.61. The van der Waals surface area contributed by atoms with Gasteiger partial charge in [0, 0.05) is 34.7 Å². The minimum Gasteiger partial charge on any atom is -0.457 e. The average Bonchev–Trinajstić information content (AvgIpc) is 3.63. The van der Waals surface area contributed by atoms with Crippen LogP contribution >= 0.6 is 0 Å². The largest absolute Gasteiger partial charge is 0.457 e. The molecular weight excluding hydrogens is 576 g/mol. The minimum atomic E-state index is 0.0110. The normalized spacial score (nSPS) is 11.9. The number of ether oxygens (including phenoxy) is 1. The number of nitrogens with zero attached hydrogens (tertiary/aromatic N) is 4. The van der Waals surface area contributed by atoms with Crippen LogP contribution in [0.15, 0.2) is 109 Å². The van der Waals surface area contributed by atoms with E-state index in [1.54, 1.807) is 0 Å². The number of aryl methyl sites for hydroxylation is 2. The van der Waals surface area contributed by atoms with E-state index in [1.807, 2.05) is 18.3 Å². The van der Waals surface area contributed by atoms with E-state index in [-0.39, 0.29) is 5.41 Å². The third-order valence-electron chi connectivity index (χ3n) is 9.13. The molecule has 0 saturated carbocycles. The number of rotatable bonds is 8. The van der Waals surface area contributed by atoms with E-state index in [1.165, 1.54) is 38.7 Å². The first-order chi connectivity index (χ1) is 22.8. The van der Waals surface area contributed by atoms with Gasteiger partial charge in [-0.05, 0) is 89.9 Å². The lowest BCUT2D eigenvalue weighted by Gasteiger charge is -2.20. The predicted octanol–water partition coefficient (Wildman–Crippen LogP) is 10.8. The quantitative estimate of drug-likeness (QED) is 0.170. The predicted molar refractivity (Wildman–Crippen MR) is 194 cm³/mol. The molecule has 0 unspecified atom stereocenters. The lowest BCUT2D eigenvalue weighted by Crippen LogP contribution is -2.12. The highest BCUT2D eigenvalue weighted by molar-refractivity contribution is 6.09. The second kappa shape index (κ2) is 12.2. The molecule has 0 saturated heterocycles. The second-order valence-corrected chi connectivity index (χ2v) is 13.2. The van der Waals surface area contributed by atoms with Crippen molar-refractivity contribution in [2.45, 2.75) is 66.2 Å². The third-order valence-corrected chi connectivity index (χ3v) is 9.13. The molecule has 0 amide bonds. The molecule has 4 aromatic carbocycles. The molecule has 0 aliphatic rings. The van der Waals surface area contributed by atoms with Gasteiger partial charge in [-0.25, -0.2) is 9.67 Å². The molecule has 0 radical (unpaired) electrons. The monoisotopic (exact) mass is 618 g/mol. The lowest BCUT2D eigenvalue weighted by atomic mass is 9.88. The van der Waals surface area contributed by atoms with Crippen LogP contribution in [0, 0.1) is 0 Å². The molecule has 47 heavy (non-hydrogen) atoms. The Bertz CT molecular complexity index is 2220. The van der Waals surface area contributed by atoms with E-state index < -0.39 is 0 Å². The van der Waals surface area contributed by atoms with Gasteiger partial charge in [-0.3, -0.25) is 4.57 Å². The summed E-state index contributed by atoms with van der Waals surface area (Å²) in [6.45, 7) is 13.3. The summed E-state index contributed by atoms with van der Waals surface area (Å²) in [5, 5.41) is 7.50. The highest BCUT2D eigenvalue weighted by Crippen LogP contribution is 2.37. The number of aromatic nitrogens is 4. The molecule has 3 heterocycles. The maximum Gasteiger partial charge on any atom is 0.137 e. The van der Waals surface area contributed by atoms with Crippen LogP contribution in [0.1, 0.15) is 64.1 Å². The van der Waals surface area contributed by atoms with E-state index in [0.717, 1.165) is 59.0 Å². The maximum absolute atomic E-state index is 6.61. The van der Waals surface area contributed by atoms with Gasteiger partial charge < -0.3 is 4.74 Å². The van der Waals surface area contributed by atoms with Crippen molar-refractivity contribution < 1.29 is 4.74 Å². The van der Waals surface area contributed by atoms with Crippen molar-refractivity contribution >= 4 is 21.8 Å². The zero-order chi connectivity index (χ0) is 32.7. The fraction of sp³-hybridized carbons (Fsp3) is 0.238. The van der Waals surface area contributed by atoms with Gasteiger partial charge in [0.25, 0.3) is 0 Å². The summed E-state index contributed by atoms with van der Waals surface area (Å²) in [6.07, 6.45) is 4.64. The Morgan fingerprint density at radius 2 is 1.49 bits per heavy atom. The van der Waals surface area contributed by atoms with Crippen LogP contribution in [0.3, 0.4) is 0 Å². The molecule has 3 aromatic heterocycles. The van der Waals surface area contributed by atoms with E-state index in [9.17, 15) is 0 Å². The van der Waals surface area contributed by atoms with Crippen LogP contribution in [-0.2, 0) is 24.7 Å². The molecular formula is C42H42N4O. The van der Waals surface area contributed by atoms with Gasteiger partial charge in [0.05, 0.1) is 28.1 Å². The Morgan fingerprint density at radius 1 is 0.681 bits per heavy atom. The first kappa shape index (κ1) is 30.5. The molecule has 7 rings (SSSR count). The number of benzene rings is 4. The fourth-order valence-corrected chi connectivity index (χ4v) is 6.63. The Labute approximate surface area is 277 Å². The molecule has 7 aromatic rings. The molecule has 0 spiro atoms. The van der Waals surface area contributed by atoms with Crippen LogP contribution < -0.4 is 4.74 Å². The second-order valence-electron chi connectivity index (χ2n) is 13.2. The minimum absolute atomic E-state index is 0.0110. The summed E-state index contributed by atoms with van der Waals surface area (Å²) < 4.78 is 11.0. The Hall–Kier alpha value is -5.16.